The smallest absolute Gasteiger partial charge is 0.228 e. The Hall–Kier alpha value is -1.87. The van der Waals surface area contributed by atoms with Crippen molar-refractivity contribution >= 4 is 16.7 Å². The molecule has 2 aromatic carbocycles. The van der Waals surface area contributed by atoms with Crippen LogP contribution >= 0.6 is 0 Å². The quantitative estimate of drug-likeness (QED) is 0.848. The Morgan fingerprint density at radius 3 is 2.82 bits per heavy atom. The van der Waals surface area contributed by atoms with Crippen LogP contribution in [0.3, 0.4) is 0 Å². The number of rotatable bonds is 2. The fourth-order valence-corrected chi connectivity index (χ4v) is 3.86. The van der Waals surface area contributed by atoms with Crippen molar-refractivity contribution in [3.8, 4) is 0 Å². The molecule has 0 spiro atoms. The average Bonchev–Trinajstić information content (AvgIpc) is 3.25. The Balaban J connectivity index is 1.69. The molecule has 2 heterocycles. The number of benzene rings is 2. The van der Waals surface area contributed by atoms with Crippen LogP contribution in [0.5, 0.6) is 0 Å². The third-order valence-electron chi connectivity index (χ3n) is 5.00. The van der Waals surface area contributed by atoms with Gasteiger partial charge < -0.3 is 9.64 Å². The van der Waals surface area contributed by atoms with Gasteiger partial charge >= 0.3 is 0 Å². The molecule has 114 valence electrons. The fourth-order valence-electron chi connectivity index (χ4n) is 3.86. The minimum atomic E-state index is 0.0653. The van der Waals surface area contributed by atoms with Gasteiger partial charge in [0.15, 0.2) is 0 Å². The van der Waals surface area contributed by atoms with Gasteiger partial charge in [-0.25, -0.2) is 0 Å². The molecule has 4 rings (SSSR count). The maximum absolute atomic E-state index is 12.8. The zero-order chi connectivity index (χ0) is 14.9. The molecule has 22 heavy (non-hydrogen) atoms. The van der Waals surface area contributed by atoms with Crippen LogP contribution in [0.4, 0.5) is 0 Å². The molecule has 2 fully saturated rings. The molecule has 3 heteroatoms. The third kappa shape index (κ3) is 2.30. The third-order valence-corrected chi connectivity index (χ3v) is 5.00. The van der Waals surface area contributed by atoms with Gasteiger partial charge in [-0.3, -0.25) is 4.79 Å². The predicted octanol–water partition coefficient (Wildman–Crippen LogP) is 3.54. The van der Waals surface area contributed by atoms with Crippen molar-refractivity contribution in [3.63, 3.8) is 0 Å². The van der Waals surface area contributed by atoms with Crippen LogP contribution in [-0.4, -0.2) is 30.6 Å². The number of amides is 1. The minimum Gasteiger partial charge on any atom is -0.381 e. The van der Waals surface area contributed by atoms with Crippen LogP contribution in [0.25, 0.3) is 10.8 Å². The first-order chi connectivity index (χ1) is 10.8. The van der Waals surface area contributed by atoms with E-state index in [1.807, 2.05) is 0 Å². The molecule has 0 radical (unpaired) electrons. The molecule has 2 atom stereocenters. The summed E-state index contributed by atoms with van der Waals surface area (Å²) in [6, 6.07) is 15.1. The summed E-state index contributed by atoms with van der Waals surface area (Å²) in [4.78, 5) is 14.9. The standard InChI is InChI=1S/C19H21NO2/c21-19(15-10-12-22-13-15)20-11-4-9-18(20)17-8-3-6-14-5-1-2-7-16(14)17/h1-3,5-8,15,18H,4,9-13H2/t15-,18+/m1/s1. The Bertz CT molecular complexity index is 685. The Morgan fingerprint density at radius 1 is 1.09 bits per heavy atom. The number of fused-ring (bicyclic) bond motifs is 1. The highest BCUT2D eigenvalue weighted by Gasteiger charge is 2.35. The molecule has 2 aromatic rings. The first-order valence-corrected chi connectivity index (χ1v) is 8.20. The van der Waals surface area contributed by atoms with E-state index in [0.29, 0.717) is 6.61 Å². The van der Waals surface area contributed by atoms with Crippen molar-refractivity contribution in [1.29, 1.82) is 0 Å². The monoisotopic (exact) mass is 295 g/mol. The molecule has 0 bridgehead atoms. The SMILES string of the molecule is O=C([C@@H]1CCOC1)N1CCC[C@H]1c1cccc2ccccc12. The van der Waals surface area contributed by atoms with Crippen LogP contribution < -0.4 is 0 Å². The van der Waals surface area contributed by atoms with Crippen LogP contribution in [0, 0.1) is 5.92 Å². The van der Waals surface area contributed by atoms with Gasteiger partial charge in [0, 0.05) is 13.2 Å². The van der Waals surface area contributed by atoms with Crippen LogP contribution in [0.2, 0.25) is 0 Å². The van der Waals surface area contributed by atoms with E-state index >= 15 is 0 Å². The number of nitrogens with zero attached hydrogens (tertiary/aromatic N) is 1. The average molecular weight is 295 g/mol. The van der Waals surface area contributed by atoms with Gasteiger partial charge in [-0.05, 0) is 35.6 Å². The molecule has 0 aromatic heterocycles. The van der Waals surface area contributed by atoms with Crippen molar-refractivity contribution in [1.82, 2.24) is 4.90 Å². The van der Waals surface area contributed by atoms with Gasteiger partial charge in [-0.1, -0.05) is 42.5 Å². The maximum Gasteiger partial charge on any atom is 0.228 e. The molecular weight excluding hydrogens is 274 g/mol. The molecule has 2 aliphatic heterocycles. The topological polar surface area (TPSA) is 29.5 Å². The molecule has 0 N–H and O–H groups in total. The van der Waals surface area contributed by atoms with E-state index in [9.17, 15) is 4.79 Å². The largest absolute Gasteiger partial charge is 0.381 e. The van der Waals surface area contributed by atoms with E-state index in [4.69, 9.17) is 4.74 Å². The van der Waals surface area contributed by atoms with Crippen molar-refractivity contribution in [3.05, 3.63) is 48.0 Å². The van der Waals surface area contributed by atoms with Gasteiger partial charge in [0.05, 0.1) is 18.6 Å². The molecule has 0 aliphatic carbocycles. The minimum absolute atomic E-state index is 0.0653. The summed E-state index contributed by atoms with van der Waals surface area (Å²) in [5, 5.41) is 2.53. The second kappa shape index (κ2) is 5.73. The summed E-state index contributed by atoms with van der Waals surface area (Å²) < 4.78 is 5.40. The second-order valence-corrected chi connectivity index (χ2v) is 6.32. The van der Waals surface area contributed by atoms with E-state index in [1.165, 1.54) is 16.3 Å². The highest BCUT2D eigenvalue weighted by Crippen LogP contribution is 2.37. The zero-order valence-electron chi connectivity index (χ0n) is 12.7. The number of likely N-dealkylation sites (tertiary alicyclic amines) is 1. The lowest BCUT2D eigenvalue weighted by Crippen LogP contribution is -2.36. The molecular formula is C19H21NO2. The first-order valence-electron chi connectivity index (χ1n) is 8.20. The summed E-state index contributed by atoms with van der Waals surface area (Å²) in [7, 11) is 0. The molecule has 0 saturated carbocycles. The van der Waals surface area contributed by atoms with Gasteiger partial charge in [0.2, 0.25) is 5.91 Å². The first kappa shape index (κ1) is 13.8. The van der Waals surface area contributed by atoms with Crippen molar-refractivity contribution in [2.24, 2.45) is 5.92 Å². The van der Waals surface area contributed by atoms with Crippen molar-refractivity contribution in [2.45, 2.75) is 25.3 Å². The van der Waals surface area contributed by atoms with Crippen LogP contribution in [0.15, 0.2) is 42.5 Å². The molecule has 1 amide bonds. The second-order valence-electron chi connectivity index (χ2n) is 6.32. The van der Waals surface area contributed by atoms with Crippen molar-refractivity contribution < 1.29 is 9.53 Å². The Kier molecular flexibility index (Phi) is 3.59. The van der Waals surface area contributed by atoms with Gasteiger partial charge in [0.1, 0.15) is 0 Å². The molecule has 0 unspecified atom stereocenters. The normalized spacial score (nSPS) is 25.0. The molecule has 3 nitrogen and oxygen atoms in total. The summed E-state index contributed by atoms with van der Waals surface area (Å²) in [6.07, 6.45) is 3.03. The van der Waals surface area contributed by atoms with E-state index in [2.05, 4.69) is 47.4 Å². The summed E-state index contributed by atoms with van der Waals surface area (Å²) in [5.74, 6) is 0.350. The fraction of sp³-hybridized carbons (Fsp3) is 0.421. The Morgan fingerprint density at radius 2 is 1.95 bits per heavy atom. The van der Waals surface area contributed by atoms with Crippen LogP contribution in [0.1, 0.15) is 30.9 Å². The number of carbonyl (C=O) groups excluding carboxylic acids is 1. The lowest BCUT2D eigenvalue weighted by molar-refractivity contribution is -0.136. The van der Waals surface area contributed by atoms with Gasteiger partial charge in [0.25, 0.3) is 0 Å². The molecule has 2 aliphatic rings. The van der Waals surface area contributed by atoms with Crippen molar-refractivity contribution in [2.75, 3.05) is 19.8 Å². The zero-order valence-corrected chi connectivity index (χ0v) is 12.7. The summed E-state index contributed by atoms with van der Waals surface area (Å²) in [6.45, 7) is 2.20. The Labute approximate surface area is 130 Å². The van der Waals surface area contributed by atoms with Gasteiger partial charge in [-0.15, -0.1) is 0 Å². The maximum atomic E-state index is 12.8. The van der Waals surface area contributed by atoms with E-state index in [0.717, 1.165) is 32.4 Å². The van der Waals surface area contributed by atoms with Gasteiger partial charge in [-0.2, -0.15) is 0 Å². The number of hydrogen-bond acceptors (Lipinski definition) is 2. The molecule has 2 saturated heterocycles. The number of ether oxygens (including phenoxy) is 1. The van der Waals surface area contributed by atoms with Crippen LogP contribution in [-0.2, 0) is 9.53 Å². The summed E-state index contributed by atoms with van der Waals surface area (Å²) in [5.41, 5.74) is 1.29. The number of carbonyl (C=O) groups is 1. The van der Waals surface area contributed by atoms with E-state index in [1.54, 1.807) is 0 Å². The number of hydrogen-bond donors (Lipinski definition) is 0. The highest BCUT2D eigenvalue weighted by atomic mass is 16.5. The predicted molar refractivity (Wildman–Crippen MR) is 86.6 cm³/mol. The highest BCUT2D eigenvalue weighted by molar-refractivity contribution is 5.87. The van der Waals surface area contributed by atoms with E-state index < -0.39 is 0 Å². The lowest BCUT2D eigenvalue weighted by atomic mass is 9.96. The van der Waals surface area contributed by atoms with E-state index in [-0.39, 0.29) is 17.9 Å². The summed E-state index contributed by atoms with van der Waals surface area (Å²) >= 11 is 0. The lowest BCUT2D eigenvalue weighted by Gasteiger charge is -2.28.